The molecule has 0 aliphatic carbocycles. The van der Waals surface area contributed by atoms with E-state index in [0.29, 0.717) is 5.69 Å². The highest BCUT2D eigenvalue weighted by Gasteiger charge is 2.15. The summed E-state index contributed by atoms with van der Waals surface area (Å²) in [4.78, 5) is 20.0. The van der Waals surface area contributed by atoms with Crippen LogP contribution in [0.5, 0.6) is 0 Å². The van der Waals surface area contributed by atoms with E-state index < -0.39 is 0 Å². The van der Waals surface area contributed by atoms with Crippen LogP contribution in [0, 0.1) is 5.82 Å². The fraction of sp³-hybridized carbons (Fsp3) is 0.188. The van der Waals surface area contributed by atoms with E-state index in [1.54, 1.807) is 12.1 Å². The minimum atomic E-state index is -0.320. The molecule has 1 N–H and O–H groups in total. The molecule has 3 aromatic rings. The average Bonchev–Trinajstić information content (AvgIpc) is 3.04. The van der Waals surface area contributed by atoms with Crippen molar-refractivity contribution in [2.45, 2.75) is 19.4 Å². The standard InChI is InChI=1S/C16H14FN5O2/c1-10(11-2-4-12(17)5-3-11)20-14(23)8-15-21-22-16(24-15)13-9-18-6-7-19-13/h2-7,9-10H,8H2,1H3,(H,20,23). The van der Waals surface area contributed by atoms with Crippen molar-refractivity contribution in [1.29, 1.82) is 0 Å². The number of hydrogen-bond acceptors (Lipinski definition) is 6. The van der Waals surface area contributed by atoms with Crippen molar-refractivity contribution in [3.05, 3.63) is 60.1 Å². The summed E-state index contributed by atoms with van der Waals surface area (Å²) in [7, 11) is 0. The van der Waals surface area contributed by atoms with E-state index in [0.717, 1.165) is 5.56 Å². The second kappa shape index (κ2) is 6.95. The molecule has 0 saturated carbocycles. The van der Waals surface area contributed by atoms with Crippen molar-refractivity contribution < 1.29 is 13.6 Å². The first-order chi connectivity index (χ1) is 11.6. The molecule has 1 unspecified atom stereocenters. The molecule has 0 bridgehead atoms. The minimum Gasteiger partial charge on any atom is -0.419 e. The first kappa shape index (κ1) is 15.7. The van der Waals surface area contributed by atoms with Gasteiger partial charge in [-0.25, -0.2) is 9.37 Å². The Hall–Kier alpha value is -3.16. The predicted octanol–water partition coefficient (Wildman–Crippen LogP) is 2.09. The number of halogens is 1. The number of aromatic nitrogens is 4. The molecule has 0 aliphatic rings. The Kier molecular flexibility index (Phi) is 4.55. The third-order valence-electron chi connectivity index (χ3n) is 3.31. The van der Waals surface area contributed by atoms with Crippen molar-refractivity contribution in [2.75, 3.05) is 0 Å². The van der Waals surface area contributed by atoms with Crippen LogP contribution in [0.3, 0.4) is 0 Å². The van der Waals surface area contributed by atoms with Gasteiger partial charge in [0.15, 0.2) is 0 Å². The predicted molar refractivity (Wildman–Crippen MR) is 82.0 cm³/mol. The third kappa shape index (κ3) is 3.78. The lowest BCUT2D eigenvalue weighted by atomic mass is 10.1. The molecule has 0 aliphatic heterocycles. The molecule has 8 heteroatoms. The zero-order valence-electron chi connectivity index (χ0n) is 12.8. The van der Waals surface area contributed by atoms with E-state index in [4.69, 9.17) is 4.42 Å². The van der Waals surface area contributed by atoms with Gasteiger partial charge < -0.3 is 9.73 Å². The Bertz CT molecular complexity index is 820. The second-order valence-corrected chi connectivity index (χ2v) is 5.11. The first-order valence-corrected chi connectivity index (χ1v) is 7.25. The van der Waals surface area contributed by atoms with Gasteiger partial charge in [-0.1, -0.05) is 12.1 Å². The summed E-state index contributed by atoms with van der Waals surface area (Å²) in [5, 5.41) is 10.5. The number of nitrogens with one attached hydrogen (secondary N) is 1. The molecule has 2 heterocycles. The van der Waals surface area contributed by atoms with Crippen molar-refractivity contribution in [3.8, 4) is 11.6 Å². The van der Waals surface area contributed by atoms with E-state index in [1.165, 1.54) is 30.7 Å². The van der Waals surface area contributed by atoms with Crippen LogP contribution < -0.4 is 5.32 Å². The summed E-state index contributed by atoms with van der Waals surface area (Å²) >= 11 is 0. The number of nitrogens with zero attached hydrogens (tertiary/aromatic N) is 4. The third-order valence-corrected chi connectivity index (χ3v) is 3.31. The largest absolute Gasteiger partial charge is 0.419 e. The van der Waals surface area contributed by atoms with Crippen LogP contribution >= 0.6 is 0 Å². The highest BCUT2D eigenvalue weighted by molar-refractivity contribution is 5.78. The van der Waals surface area contributed by atoms with Crippen LogP contribution in [0.25, 0.3) is 11.6 Å². The highest BCUT2D eigenvalue weighted by Crippen LogP contribution is 2.15. The Morgan fingerprint density at radius 2 is 2.04 bits per heavy atom. The van der Waals surface area contributed by atoms with E-state index in [2.05, 4.69) is 25.5 Å². The van der Waals surface area contributed by atoms with Crippen LogP contribution in [-0.4, -0.2) is 26.1 Å². The lowest BCUT2D eigenvalue weighted by molar-refractivity contribution is -0.121. The Morgan fingerprint density at radius 1 is 1.25 bits per heavy atom. The molecular weight excluding hydrogens is 313 g/mol. The molecule has 0 spiro atoms. The smallest absolute Gasteiger partial charge is 0.267 e. The van der Waals surface area contributed by atoms with E-state index in [-0.39, 0.29) is 36.0 Å². The van der Waals surface area contributed by atoms with Crippen LogP contribution in [0.1, 0.15) is 24.4 Å². The lowest BCUT2D eigenvalue weighted by Crippen LogP contribution is -2.28. The van der Waals surface area contributed by atoms with Crippen LogP contribution in [-0.2, 0) is 11.2 Å². The van der Waals surface area contributed by atoms with Gasteiger partial charge in [-0.15, -0.1) is 10.2 Å². The van der Waals surface area contributed by atoms with Crippen molar-refractivity contribution >= 4 is 5.91 Å². The Balaban J connectivity index is 1.61. The molecule has 0 fully saturated rings. The summed E-state index contributed by atoms with van der Waals surface area (Å²) in [5.41, 5.74) is 1.24. The molecular formula is C16H14FN5O2. The number of carbonyl (C=O) groups excluding carboxylic acids is 1. The summed E-state index contributed by atoms with van der Waals surface area (Å²) in [6.07, 6.45) is 4.48. The number of hydrogen-bond donors (Lipinski definition) is 1. The van der Waals surface area contributed by atoms with Crippen LogP contribution in [0.4, 0.5) is 4.39 Å². The molecule has 3 rings (SSSR count). The maximum atomic E-state index is 12.9. The fourth-order valence-corrected chi connectivity index (χ4v) is 2.10. The van der Waals surface area contributed by atoms with Crippen molar-refractivity contribution in [2.24, 2.45) is 0 Å². The molecule has 0 saturated heterocycles. The molecule has 0 radical (unpaired) electrons. The topological polar surface area (TPSA) is 93.8 Å². The molecule has 1 amide bonds. The summed E-state index contributed by atoms with van der Waals surface area (Å²) < 4.78 is 18.3. The van der Waals surface area contributed by atoms with Gasteiger partial charge in [-0.2, -0.15) is 0 Å². The zero-order chi connectivity index (χ0) is 16.9. The number of carbonyl (C=O) groups is 1. The lowest BCUT2D eigenvalue weighted by Gasteiger charge is -2.13. The zero-order valence-corrected chi connectivity index (χ0v) is 12.8. The van der Waals surface area contributed by atoms with E-state index >= 15 is 0 Å². The van der Waals surface area contributed by atoms with Crippen LogP contribution in [0.15, 0.2) is 47.3 Å². The molecule has 7 nitrogen and oxygen atoms in total. The monoisotopic (exact) mass is 327 g/mol. The maximum Gasteiger partial charge on any atom is 0.267 e. The van der Waals surface area contributed by atoms with Gasteiger partial charge in [-0.05, 0) is 24.6 Å². The molecule has 1 atom stereocenters. The Labute approximate surface area is 137 Å². The van der Waals surface area contributed by atoms with Gasteiger partial charge >= 0.3 is 0 Å². The van der Waals surface area contributed by atoms with E-state index in [9.17, 15) is 9.18 Å². The SMILES string of the molecule is CC(NC(=O)Cc1nnc(-c2cnccn2)o1)c1ccc(F)cc1. The molecule has 122 valence electrons. The molecule has 24 heavy (non-hydrogen) atoms. The van der Waals surface area contributed by atoms with Gasteiger partial charge in [0.25, 0.3) is 5.89 Å². The summed E-state index contributed by atoms with van der Waals surface area (Å²) in [5.74, 6) is -0.210. The highest BCUT2D eigenvalue weighted by atomic mass is 19.1. The maximum absolute atomic E-state index is 12.9. The first-order valence-electron chi connectivity index (χ1n) is 7.25. The quantitative estimate of drug-likeness (QED) is 0.771. The number of rotatable bonds is 5. The second-order valence-electron chi connectivity index (χ2n) is 5.11. The fourth-order valence-electron chi connectivity index (χ4n) is 2.10. The van der Waals surface area contributed by atoms with Gasteiger partial charge in [0.1, 0.15) is 17.9 Å². The van der Waals surface area contributed by atoms with Gasteiger partial charge in [0, 0.05) is 12.4 Å². The summed E-state index contributed by atoms with van der Waals surface area (Å²) in [6, 6.07) is 5.69. The van der Waals surface area contributed by atoms with Gasteiger partial charge in [0.2, 0.25) is 11.8 Å². The average molecular weight is 327 g/mol. The van der Waals surface area contributed by atoms with Crippen molar-refractivity contribution in [1.82, 2.24) is 25.5 Å². The number of amides is 1. The van der Waals surface area contributed by atoms with Gasteiger partial charge in [0.05, 0.1) is 12.2 Å². The minimum absolute atomic E-state index is 0.0567. The normalized spacial score (nSPS) is 11.9. The molecule has 2 aromatic heterocycles. The van der Waals surface area contributed by atoms with E-state index in [1.807, 2.05) is 6.92 Å². The molecule has 1 aromatic carbocycles. The Morgan fingerprint density at radius 3 is 2.75 bits per heavy atom. The summed E-state index contributed by atoms with van der Waals surface area (Å²) in [6.45, 7) is 1.81. The van der Waals surface area contributed by atoms with Crippen LogP contribution in [0.2, 0.25) is 0 Å². The van der Waals surface area contributed by atoms with Crippen molar-refractivity contribution in [3.63, 3.8) is 0 Å². The van der Waals surface area contributed by atoms with Gasteiger partial charge in [-0.3, -0.25) is 9.78 Å². The number of benzene rings is 1.